The van der Waals surface area contributed by atoms with Crippen molar-refractivity contribution in [3.63, 3.8) is 0 Å². The maximum Gasteiger partial charge on any atom is 0.254 e. The molecule has 1 aromatic carbocycles. The standard InChI is InChI=1S/C22H24N4O2/c1-16-10-12-25-15-18(24-20(25)13-16)14-23-21(27)19-9-5-6-11-26(19)22(28)17-7-3-2-4-8-17/h2-4,7-8,10,12-13,15,19H,5-6,9,11,14H2,1H3,(H,23,27). The van der Waals surface area contributed by atoms with Gasteiger partial charge in [-0.05, 0) is 56.0 Å². The maximum absolute atomic E-state index is 12.9. The van der Waals surface area contributed by atoms with E-state index in [1.54, 1.807) is 17.0 Å². The molecule has 4 rings (SSSR count). The number of benzene rings is 1. The Morgan fingerprint density at radius 2 is 2.00 bits per heavy atom. The molecule has 1 fully saturated rings. The van der Waals surface area contributed by atoms with Gasteiger partial charge in [0.1, 0.15) is 11.7 Å². The fourth-order valence-electron chi connectivity index (χ4n) is 3.71. The van der Waals surface area contributed by atoms with Gasteiger partial charge in [-0.3, -0.25) is 9.59 Å². The minimum atomic E-state index is -0.430. The third-order valence-electron chi connectivity index (χ3n) is 5.20. The fraction of sp³-hybridized carbons (Fsp3) is 0.318. The fourth-order valence-corrected chi connectivity index (χ4v) is 3.71. The summed E-state index contributed by atoms with van der Waals surface area (Å²) in [5.74, 6) is -0.194. The number of carbonyl (C=O) groups excluding carboxylic acids is 2. The van der Waals surface area contributed by atoms with Crippen molar-refractivity contribution in [2.75, 3.05) is 6.54 Å². The van der Waals surface area contributed by atoms with Crippen LogP contribution in [-0.4, -0.2) is 38.7 Å². The van der Waals surface area contributed by atoms with Crippen LogP contribution in [0.2, 0.25) is 0 Å². The Morgan fingerprint density at radius 3 is 2.82 bits per heavy atom. The SMILES string of the molecule is Cc1ccn2cc(CNC(=O)C3CCCCN3C(=O)c3ccccc3)nc2c1. The molecule has 1 unspecified atom stereocenters. The van der Waals surface area contributed by atoms with Crippen LogP contribution in [0.15, 0.2) is 54.9 Å². The van der Waals surface area contributed by atoms with Gasteiger partial charge in [0.15, 0.2) is 0 Å². The number of amides is 2. The second kappa shape index (κ2) is 7.84. The predicted octanol–water partition coefficient (Wildman–Crippen LogP) is 2.95. The first kappa shape index (κ1) is 18.2. The monoisotopic (exact) mass is 376 g/mol. The second-order valence-corrected chi connectivity index (χ2v) is 7.30. The average molecular weight is 376 g/mol. The van der Waals surface area contributed by atoms with Crippen LogP contribution in [0.4, 0.5) is 0 Å². The van der Waals surface area contributed by atoms with Crippen molar-refractivity contribution in [1.82, 2.24) is 19.6 Å². The summed E-state index contributed by atoms with van der Waals surface area (Å²) in [6.45, 7) is 2.99. The van der Waals surface area contributed by atoms with Crippen molar-refractivity contribution in [3.05, 3.63) is 71.7 Å². The summed E-state index contributed by atoms with van der Waals surface area (Å²) in [6.07, 6.45) is 6.44. The van der Waals surface area contributed by atoms with Crippen LogP contribution in [0.3, 0.4) is 0 Å². The Balaban J connectivity index is 1.45. The molecule has 2 aromatic heterocycles. The number of pyridine rings is 1. The lowest BCUT2D eigenvalue weighted by molar-refractivity contribution is -0.126. The first-order valence-electron chi connectivity index (χ1n) is 9.70. The first-order valence-corrected chi connectivity index (χ1v) is 9.70. The molecule has 1 atom stereocenters. The number of hydrogen-bond acceptors (Lipinski definition) is 3. The molecular formula is C22H24N4O2. The highest BCUT2D eigenvalue weighted by atomic mass is 16.2. The Bertz CT molecular complexity index is 996. The third kappa shape index (κ3) is 3.76. The highest BCUT2D eigenvalue weighted by molar-refractivity contribution is 5.97. The molecule has 0 spiro atoms. The lowest BCUT2D eigenvalue weighted by atomic mass is 10.00. The molecule has 0 saturated carbocycles. The zero-order valence-electron chi connectivity index (χ0n) is 16.0. The Labute approximate surface area is 164 Å². The molecule has 144 valence electrons. The van der Waals surface area contributed by atoms with Gasteiger partial charge in [0.25, 0.3) is 5.91 Å². The summed E-state index contributed by atoms with van der Waals surface area (Å²) >= 11 is 0. The van der Waals surface area contributed by atoms with E-state index >= 15 is 0 Å². The summed E-state index contributed by atoms with van der Waals surface area (Å²) in [7, 11) is 0. The normalized spacial score (nSPS) is 16.9. The molecule has 1 aliphatic rings. The molecule has 1 N–H and O–H groups in total. The van der Waals surface area contributed by atoms with E-state index in [0.29, 0.717) is 25.1 Å². The van der Waals surface area contributed by atoms with Gasteiger partial charge < -0.3 is 14.6 Å². The summed E-state index contributed by atoms with van der Waals surface area (Å²) in [5.41, 5.74) is 3.43. The van der Waals surface area contributed by atoms with Gasteiger partial charge in [0, 0.05) is 24.5 Å². The van der Waals surface area contributed by atoms with Gasteiger partial charge in [-0.1, -0.05) is 18.2 Å². The van der Waals surface area contributed by atoms with Gasteiger partial charge in [-0.15, -0.1) is 0 Å². The van der Waals surface area contributed by atoms with E-state index in [9.17, 15) is 9.59 Å². The number of nitrogens with one attached hydrogen (secondary N) is 1. The van der Waals surface area contributed by atoms with E-state index in [2.05, 4.69) is 10.3 Å². The molecule has 3 heterocycles. The smallest absolute Gasteiger partial charge is 0.254 e. The molecular weight excluding hydrogens is 352 g/mol. The number of carbonyl (C=O) groups is 2. The van der Waals surface area contributed by atoms with E-state index in [1.807, 2.05) is 54.0 Å². The lowest BCUT2D eigenvalue weighted by Gasteiger charge is -2.34. The Hall–Kier alpha value is -3.15. The summed E-state index contributed by atoms with van der Waals surface area (Å²) in [4.78, 5) is 32.0. The minimum absolute atomic E-state index is 0.0799. The topological polar surface area (TPSA) is 66.7 Å². The summed E-state index contributed by atoms with van der Waals surface area (Å²) in [6, 6.07) is 12.8. The van der Waals surface area contributed by atoms with Gasteiger partial charge in [0.2, 0.25) is 5.91 Å². The first-order chi connectivity index (χ1) is 13.6. The molecule has 6 nitrogen and oxygen atoms in total. The number of piperidine rings is 1. The Morgan fingerprint density at radius 1 is 1.18 bits per heavy atom. The summed E-state index contributed by atoms with van der Waals surface area (Å²) < 4.78 is 1.94. The average Bonchev–Trinajstić information content (AvgIpc) is 3.14. The Kier molecular flexibility index (Phi) is 5.10. The number of aryl methyl sites for hydroxylation is 1. The third-order valence-corrected chi connectivity index (χ3v) is 5.20. The summed E-state index contributed by atoms with van der Waals surface area (Å²) in [5, 5.41) is 2.97. The molecule has 1 saturated heterocycles. The van der Waals surface area contributed by atoms with Crippen LogP contribution >= 0.6 is 0 Å². The van der Waals surface area contributed by atoms with E-state index in [-0.39, 0.29) is 11.8 Å². The van der Waals surface area contributed by atoms with Crippen molar-refractivity contribution in [2.45, 2.75) is 38.8 Å². The largest absolute Gasteiger partial charge is 0.349 e. The van der Waals surface area contributed by atoms with Crippen molar-refractivity contribution < 1.29 is 9.59 Å². The van der Waals surface area contributed by atoms with Gasteiger partial charge in [0.05, 0.1) is 12.2 Å². The molecule has 6 heteroatoms. The van der Waals surface area contributed by atoms with Crippen LogP contribution in [0.5, 0.6) is 0 Å². The predicted molar refractivity (Wildman–Crippen MR) is 107 cm³/mol. The number of imidazole rings is 1. The molecule has 3 aromatic rings. The van der Waals surface area contributed by atoms with Crippen LogP contribution in [0.25, 0.3) is 5.65 Å². The van der Waals surface area contributed by atoms with Gasteiger partial charge in [-0.2, -0.15) is 0 Å². The van der Waals surface area contributed by atoms with Gasteiger partial charge >= 0.3 is 0 Å². The van der Waals surface area contributed by atoms with Crippen molar-refractivity contribution in [2.24, 2.45) is 0 Å². The number of hydrogen-bond donors (Lipinski definition) is 1. The number of likely N-dealkylation sites (tertiary alicyclic amines) is 1. The number of rotatable bonds is 4. The van der Waals surface area contributed by atoms with Crippen molar-refractivity contribution >= 4 is 17.5 Å². The highest BCUT2D eigenvalue weighted by Gasteiger charge is 2.32. The number of nitrogens with zero attached hydrogens (tertiary/aromatic N) is 3. The van der Waals surface area contributed by atoms with E-state index < -0.39 is 6.04 Å². The highest BCUT2D eigenvalue weighted by Crippen LogP contribution is 2.20. The molecule has 1 aliphatic heterocycles. The van der Waals surface area contributed by atoms with E-state index in [0.717, 1.165) is 29.7 Å². The van der Waals surface area contributed by atoms with Crippen molar-refractivity contribution in [1.29, 1.82) is 0 Å². The molecule has 0 radical (unpaired) electrons. The van der Waals surface area contributed by atoms with Crippen LogP contribution in [-0.2, 0) is 11.3 Å². The number of aromatic nitrogens is 2. The minimum Gasteiger partial charge on any atom is -0.349 e. The van der Waals surface area contributed by atoms with Crippen LogP contribution < -0.4 is 5.32 Å². The van der Waals surface area contributed by atoms with E-state index in [4.69, 9.17) is 0 Å². The van der Waals surface area contributed by atoms with E-state index in [1.165, 1.54) is 0 Å². The molecule has 28 heavy (non-hydrogen) atoms. The lowest BCUT2D eigenvalue weighted by Crippen LogP contribution is -2.51. The zero-order valence-corrected chi connectivity index (χ0v) is 16.0. The van der Waals surface area contributed by atoms with Crippen LogP contribution in [0.1, 0.15) is 40.9 Å². The molecule has 2 amide bonds. The molecule has 0 aliphatic carbocycles. The number of fused-ring (bicyclic) bond motifs is 1. The maximum atomic E-state index is 12.9. The second-order valence-electron chi connectivity index (χ2n) is 7.30. The van der Waals surface area contributed by atoms with Crippen LogP contribution in [0, 0.1) is 6.92 Å². The zero-order chi connectivity index (χ0) is 19.5. The van der Waals surface area contributed by atoms with Gasteiger partial charge in [-0.25, -0.2) is 4.98 Å². The molecule has 0 bridgehead atoms. The van der Waals surface area contributed by atoms with Crippen molar-refractivity contribution in [3.8, 4) is 0 Å². The quantitative estimate of drug-likeness (QED) is 0.761.